The van der Waals surface area contributed by atoms with Gasteiger partial charge in [0.1, 0.15) is 11.5 Å². The largest absolute Gasteiger partial charge is 0.348 e. The Morgan fingerprint density at radius 3 is 2.64 bits per heavy atom. The van der Waals surface area contributed by atoms with Gasteiger partial charge in [0.25, 0.3) is 11.8 Å². The van der Waals surface area contributed by atoms with Crippen molar-refractivity contribution in [3.05, 3.63) is 94.0 Å². The molecule has 0 aliphatic heterocycles. The zero-order valence-corrected chi connectivity index (χ0v) is 15.8. The second-order valence-electron chi connectivity index (χ2n) is 6.12. The summed E-state index contributed by atoms with van der Waals surface area (Å²) >= 11 is 5.96. The number of hydrogen-bond acceptors (Lipinski definition) is 3. The van der Waals surface area contributed by atoms with Gasteiger partial charge in [0.2, 0.25) is 0 Å². The molecule has 3 aromatic rings. The lowest BCUT2D eigenvalue weighted by Gasteiger charge is -2.10. The Labute approximate surface area is 166 Å². The minimum absolute atomic E-state index is 0.0388. The molecule has 0 saturated carbocycles. The van der Waals surface area contributed by atoms with E-state index in [1.807, 2.05) is 6.92 Å². The molecule has 7 heteroatoms. The molecular weight excluding hydrogens is 381 g/mol. The highest BCUT2D eigenvalue weighted by Gasteiger charge is 2.13. The SMILES string of the molecule is Cc1ccc(Cl)cc1NC(=O)c1cc(C(=O)NCc2ccccc2F)ccn1. The van der Waals surface area contributed by atoms with Crippen LogP contribution in [0, 0.1) is 12.7 Å². The van der Waals surface area contributed by atoms with Crippen LogP contribution in [0.1, 0.15) is 32.0 Å². The summed E-state index contributed by atoms with van der Waals surface area (Å²) in [5.74, 6) is -1.29. The first-order valence-electron chi connectivity index (χ1n) is 8.49. The molecule has 1 aromatic heterocycles. The Morgan fingerprint density at radius 1 is 1.07 bits per heavy atom. The number of rotatable bonds is 5. The van der Waals surface area contributed by atoms with Crippen molar-refractivity contribution in [3.8, 4) is 0 Å². The van der Waals surface area contributed by atoms with Crippen LogP contribution in [0.3, 0.4) is 0 Å². The van der Waals surface area contributed by atoms with E-state index in [0.29, 0.717) is 16.3 Å². The van der Waals surface area contributed by atoms with Crippen LogP contribution >= 0.6 is 11.6 Å². The monoisotopic (exact) mass is 397 g/mol. The van der Waals surface area contributed by atoms with E-state index in [1.54, 1.807) is 36.4 Å². The molecule has 2 amide bonds. The Hall–Kier alpha value is -3.25. The molecule has 2 N–H and O–H groups in total. The molecule has 5 nitrogen and oxygen atoms in total. The number of carbonyl (C=O) groups is 2. The lowest BCUT2D eigenvalue weighted by molar-refractivity contribution is 0.0950. The molecule has 0 radical (unpaired) electrons. The van der Waals surface area contributed by atoms with Gasteiger partial charge in [-0.05, 0) is 42.8 Å². The van der Waals surface area contributed by atoms with Gasteiger partial charge < -0.3 is 10.6 Å². The lowest BCUT2D eigenvalue weighted by atomic mass is 10.1. The van der Waals surface area contributed by atoms with Crippen molar-refractivity contribution in [1.82, 2.24) is 10.3 Å². The minimum Gasteiger partial charge on any atom is -0.348 e. The standard InChI is InChI=1S/C21H17ClFN3O2/c1-13-6-7-16(22)11-18(13)26-21(28)19-10-14(8-9-24-19)20(27)25-12-15-4-2-3-5-17(15)23/h2-11H,12H2,1H3,(H,25,27)(H,26,28). The van der Waals surface area contributed by atoms with Crippen LogP contribution in [0.2, 0.25) is 5.02 Å². The maximum atomic E-state index is 13.7. The average Bonchev–Trinajstić information content (AvgIpc) is 2.70. The van der Waals surface area contributed by atoms with Crippen molar-refractivity contribution in [3.63, 3.8) is 0 Å². The number of aryl methyl sites for hydroxylation is 1. The average molecular weight is 398 g/mol. The second-order valence-corrected chi connectivity index (χ2v) is 6.55. The Balaban J connectivity index is 1.70. The summed E-state index contributed by atoms with van der Waals surface area (Å²) in [5.41, 5.74) is 2.11. The summed E-state index contributed by atoms with van der Waals surface area (Å²) in [6.45, 7) is 1.88. The van der Waals surface area contributed by atoms with E-state index in [4.69, 9.17) is 11.6 Å². The van der Waals surface area contributed by atoms with Gasteiger partial charge in [-0.1, -0.05) is 35.9 Å². The van der Waals surface area contributed by atoms with Crippen molar-refractivity contribution in [2.24, 2.45) is 0 Å². The number of carbonyl (C=O) groups excluding carboxylic acids is 2. The summed E-state index contributed by atoms with van der Waals surface area (Å²) in [7, 11) is 0. The number of hydrogen-bond donors (Lipinski definition) is 2. The first-order valence-corrected chi connectivity index (χ1v) is 8.87. The molecule has 28 heavy (non-hydrogen) atoms. The first kappa shape index (κ1) is 19.5. The van der Waals surface area contributed by atoms with Crippen LogP contribution in [0.25, 0.3) is 0 Å². The van der Waals surface area contributed by atoms with Gasteiger partial charge in [0.15, 0.2) is 0 Å². The third-order valence-corrected chi connectivity index (χ3v) is 4.33. The number of nitrogens with one attached hydrogen (secondary N) is 2. The van der Waals surface area contributed by atoms with E-state index in [0.717, 1.165) is 5.56 Å². The first-order chi connectivity index (χ1) is 13.4. The Kier molecular flexibility index (Phi) is 6.01. The van der Waals surface area contributed by atoms with Crippen molar-refractivity contribution < 1.29 is 14.0 Å². The highest BCUT2D eigenvalue weighted by atomic mass is 35.5. The van der Waals surface area contributed by atoms with E-state index >= 15 is 0 Å². The maximum absolute atomic E-state index is 13.7. The van der Waals surface area contributed by atoms with E-state index in [-0.39, 0.29) is 17.8 Å². The van der Waals surface area contributed by atoms with E-state index in [1.165, 1.54) is 24.4 Å². The maximum Gasteiger partial charge on any atom is 0.274 e. The normalized spacial score (nSPS) is 10.4. The fourth-order valence-electron chi connectivity index (χ4n) is 2.53. The van der Waals surface area contributed by atoms with Crippen LogP contribution in [-0.4, -0.2) is 16.8 Å². The minimum atomic E-state index is -0.464. The fraction of sp³-hybridized carbons (Fsp3) is 0.0952. The fourth-order valence-corrected chi connectivity index (χ4v) is 2.70. The summed E-state index contributed by atoms with van der Waals surface area (Å²) in [5, 5.41) is 5.86. The molecule has 0 bridgehead atoms. The lowest BCUT2D eigenvalue weighted by Crippen LogP contribution is -2.24. The predicted octanol–water partition coefficient (Wildman–Crippen LogP) is 4.36. The van der Waals surface area contributed by atoms with Gasteiger partial charge in [-0.15, -0.1) is 0 Å². The molecule has 3 rings (SSSR count). The highest BCUT2D eigenvalue weighted by Crippen LogP contribution is 2.20. The number of benzene rings is 2. The van der Waals surface area contributed by atoms with Crippen LogP contribution in [0.4, 0.5) is 10.1 Å². The van der Waals surface area contributed by atoms with Crippen LogP contribution < -0.4 is 10.6 Å². The smallest absolute Gasteiger partial charge is 0.274 e. The molecule has 0 spiro atoms. The van der Waals surface area contributed by atoms with Gasteiger partial charge in [-0.2, -0.15) is 0 Å². The third kappa shape index (κ3) is 4.72. The molecule has 1 heterocycles. The molecule has 2 aromatic carbocycles. The van der Waals surface area contributed by atoms with Gasteiger partial charge in [-0.3, -0.25) is 14.6 Å². The summed E-state index contributed by atoms with van der Waals surface area (Å²) in [6, 6.07) is 14.2. The van der Waals surface area contributed by atoms with Gasteiger partial charge >= 0.3 is 0 Å². The van der Waals surface area contributed by atoms with Crippen molar-refractivity contribution in [2.75, 3.05) is 5.32 Å². The third-order valence-electron chi connectivity index (χ3n) is 4.10. The van der Waals surface area contributed by atoms with E-state index in [2.05, 4.69) is 15.6 Å². The van der Waals surface area contributed by atoms with E-state index < -0.39 is 17.6 Å². The van der Waals surface area contributed by atoms with Crippen molar-refractivity contribution >= 4 is 29.1 Å². The number of halogens is 2. The number of aromatic nitrogens is 1. The molecule has 0 unspecified atom stereocenters. The molecule has 0 atom stereocenters. The number of anilines is 1. The molecule has 0 aliphatic rings. The zero-order valence-electron chi connectivity index (χ0n) is 15.0. The number of pyridine rings is 1. The van der Waals surface area contributed by atoms with Crippen molar-refractivity contribution in [2.45, 2.75) is 13.5 Å². The predicted molar refractivity (Wildman–Crippen MR) is 106 cm³/mol. The molecule has 0 aliphatic carbocycles. The summed E-state index contributed by atoms with van der Waals surface area (Å²) in [4.78, 5) is 28.8. The van der Waals surface area contributed by atoms with Crippen LogP contribution in [-0.2, 0) is 6.54 Å². The van der Waals surface area contributed by atoms with E-state index in [9.17, 15) is 14.0 Å². The van der Waals surface area contributed by atoms with Crippen molar-refractivity contribution in [1.29, 1.82) is 0 Å². The summed E-state index contributed by atoms with van der Waals surface area (Å²) in [6.07, 6.45) is 1.37. The quantitative estimate of drug-likeness (QED) is 0.671. The Bertz CT molecular complexity index is 1040. The zero-order chi connectivity index (χ0) is 20.1. The number of amides is 2. The molecule has 0 saturated heterocycles. The van der Waals surface area contributed by atoms with Gasteiger partial charge in [-0.25, -0.2) is 4.39 Å². The van der Waals surface area contributed by atoms with Gasteiger partial charge in [0, 0.05) is 34.6 Å². The second kappa shape index (κ2) is 8.63. The molecule has 142 valence electrons. The van der Waals surface area contributed by atoms with Gasteiger partial charge in [0.05, 0.1) is 0 Å². The molecule has 0 fully saturated rings. The summed E-state index contributed by atoms with van der Waals surface area (Å²) < 4.78 is 13.7. The Morgan fingerprint density at radius 2 is 1.86 bits per heavy atom. The topological polar surface area (TPSA) is 71.1 Å². The van der Waals surface area contributed by atoms with Crippen LogP contribution in [0.5, 0.6) is 0 Å². The molecular formula is C21H17ClFN3O2. The van der Waals surface area contributed by atoms with Crippen LogP contribution in [0.15, 0.2) is 60.8 Å². The number of nitrogens with zero attached hydrogens (tertiary/aromatic N) is 1. The highest BCUT2D eigenvalue weighted by molar-refractivity contribution is 6.31.